The van der Waals surface area contributed by atoms with E-state index in [4.69, 9.17) is 9.84 Å². The van der Waals surface area contributed by atoms with Crippen LogP contribution in [0.4, 0.5) is 4.79 Å². The summed E-state index contributed by atoms with van der Waals surface area (Å²) in [5.41, 5.74) is 4.64. The molecule has 7 heteroatoms. The molecule has 2 amide bonds. The fraction of sp³-hybridized carbons (Fsp3) is 0.444. The standard InChI is InChI=1S/C27H32N2O5/c1-17(2)24(15-25(30)29-13-11-18(12-14-29)26(31)32)28-27(33)34-16-23-21-9-5-3-7-19(21)20-8-4-6-10-22(20)23/h3-10,17-18,23-24H,11-16H2,1-2H3,(H,28,33)(H,31,32)/t24-/m0/s1. The molecule has 1 aliphatic carbocycles. The predicted octanol–water partition coefficient (Wildman–Crippen LogP) is 4.26. The van der Waals surface area contributed by atoms with E-state index in [1.807, 2.05) is 38.1 Å². The summed E-state index contributed by atoms with van der Waals surface area (Å²) in [7, 11) is 0. The van der Waals surface area contributed by atoms with Gasteiger partial charge >= 0.3 is 12.1 Å². The Balaban J connectivity index is 1.33. The number of hydrogen-bond donors (Lipinski definition) is 2. The third-order valence-corrected chi connectivity index (χ3v) is 7.04. The first-order chi connectivity index (χ1) is 16.3. The molecule has 2 aromatic carbocycles. The number of carbonyl (C=O) groups excluding carboxylic acids is 2. The quantitative estimate of drug-likeness (QED) is 0.638. The SMILES string of the molecule is CC(C)[C@H](CC(=O)N1CCC(C(=O)O)CC1)NC(=O)OCC1c2ccccc2-c2ccccc21. The first-order valence-electron chi connectivity index (χ1n) is 12.0. The lowest BCUT2D eigenvalue weighted by molar-refractivity contribution is -0.145. The van der Waals surface area contributed by atoms with Gasteiger partial charge in [0.1, 0.15) is 6.61 Å². The van der Waals surface area contributed by atoms with Crippen LogP contribution in [0.5, 0.6) is 0 Å². The van der Waals surface area contributed by atoms with Crippen LogP contribution in [-0.2, 0) is 14.3 Å². The van der Waals surface area contributed by atoms with Crippen LogP contribution < -0.4 is 5.32 Å². The van der Waals surface area contributed by atoms with Crippen molar-refractivity contribution in [2.75, 3.05) is 19.7 Å². The van der Waals surface area contributed by atoms with Crippen LogP contribution in [0.3, 0.4) is 0 Å². The molecule has 180 valence electrons. The van der Waals surface area contributed by atoms with Crippen LogP contribution in [0.25, 0.3) is 11.1 Å². The Bertz CT molecular complexity index is 1010. The summed E-state index contributed by atoms with van der Waals surface area (Å²) in [6.07, 6.45) is 0.568. The van der Waals surface area contributed by atoms with Crippen molar-refractivity contribution in [2.24, 2.45) is 11.8 Å². The monoisotopic (exact) mass is 464 g/mol. The molecule has 7 nitrogen and oxygen atoms in total. The Morgan fingerprint density at radius 2 is 1.56 bits per heavy atom. The molecule has 1 atom stereocenters. The number of likely N-dealkylation sites (tertiary alicyclic amines) is 1. The number of piperidine rings is 1. The molecule has 0 unspecified atom stereocenters. The Kier molecular flexibility index (Phi) is 7.20. The van der Waals surface area contributed by atoms with Crippen molar-refractivity contribution < 1.29 is 24.2 Å². The molecule has 2 aromatic rings. The van der Waals surface area contributed by atoms with Crippen LogP contribution in [0, 0.1) is 11.8 Å². The van der Waals surface area contributed by atoms with Crippen molar-refractivity contribution in [2.45, 2.75) is 45.1 Å². The van der Waals surface area contributed by atoms with E-state index in [2.05, 4.69) is 29.6 Å². The number of ether oxygens (including phenoxy) is 1. The summed E-state index contributed by atoms with van der Waals surface area (Å²) < 4.78 is 5.65. The van der Waals surface area contributed by atoms with Crippen LogP contribution >= 0.6 is 0 Å². The van der Waals surface area contributed by atoms with E-state index in [0.717, 1.165) is 11.1 Å². The topological polar surface area (TPSA) is 95.9 Å². The molecule has 1 heterocycles. The van der Waals surface area contributed by atoms with Gasteiger partial charge in [-0.3, -0.25) is 9.59 Å². The maximum absolute atomic E-state index is 12.8. The van der Waals surface area contributed by atoms with Crippen LogP contribution in [-0.4, -0.2) is 53.7 Å². The minimum Gasteiger partial charge on any atom is -0.481 e. The first-order valence-corrected chi connectivity index (χ1v) is 12.0. The van der Waals surface area contributed by atoms with Gasteiger partial charge in [-0.1, -0.05) is 62.4 Å². The van der Waals surface area contributed by atoms with Gasteiger partial charge < -0.3 is 20.1 Å². The molecule has 2 N–H and O–H groups in total. The molecule has 34 heavy (non-hydrogen) atoms. The summed E-state index contributed by atoms with van der Waals surface area (Å²) in [5, 5.41) is 12.0. The molecule has 0 aromatic heterocycles. The summed E-state index contributed by atoms with van der Waals surface area (Å²) in [6.45, 7) is 5.01. The van der Waals surface area contributed by atoms with E-state index in [1.165, 1.54) is 11.1 Å². The largest absolute Gasteiger partial charge is 0.481 e. The molecule has 0 radical (unpaired) electrons. The highest BCUT2D eigenvalue weighted by molar-refractivity contribution is 5.80. The number of amides is 2. The molecule has 0 saturated carbocycles. The van der Waals surface area contributed by atoms with Crippen molar-refractivity contribution >= 4 is 18.0 Å². The summed E-state index contributed by atoms with van der Waals surface area (Å²) in [5.74, 6) is -1.23. The van der Waals surface area contributed by atoms with Gasteiger partial charge in [-0.05, 0) is 41.0 Å². The van der Waals surface area contributed by atoms with Crippen LogP contribution in [0.15, 0.2) is 48.5 Å². The number of alkyl carbamates (subject to hydrolysis) is 1. The minimum atomic E-state index is -0.802. The number of carboxylic acids is 1. The van der Waals surface area contributed by atoms with Gasteiger partial charge in [-0.25, -0.2) is 4.79 Å². The zero-order valence-corrected chi connectivity index (χ0v) is 19.7. The van der Waals surface area contributed by atoms with Gasteiger partial charge in [0.25, 0.3) is 0 Å². The smallest absolute Gasteiger partial charge is 0.407 e. The van der Waals surface area contributed by atoms with E-state index in [1.54, 1.807) is 4.90 Å². The molecule has 2 aliphatic rings. The van der Waals surface area contributed by atoms with Gasteiger partial charge in [0, 0.05) is 31.5 Å². The highest BCUT2D eigenvalue weighted by atomic mass is 16.5. The third kappa shape index (κ3) is 5.08. The van der Waals surface area contributed by atoms with E-state index in [-0.39, 0.29) is 42.7 Å². The lowest BCUT2D eigenvalue weighted by Crippen LogP contribution is -2.46. The van der Waals surface area contributed by atoms with Crippen LogP contribution in [0.1, 0.15) is 50.2 Å². The maximum atomic E-state index is 12.8. The molecule has 4 rings (SSSR count). The number of carboxylic acid groups (broad SMARTS) is 1. The zero-order valence-electron chi connectivity index (χ0n) is 19.7. The highest BCUT2D eigenvalue weighted by Gasteiger charge is 2.31. The molecular weight excluding hydrogens is 432 g/mol. The van der Waals surface area contributed by atoms with Crippen molar-refractivity contribution in [3.63, 3.8) is 0 Å². The molecule has 0 spiro atoms. The number of hydrogen-bond acceptors (Lipinski definition) is 4. The molecular formula is C27H32N2O5. The number of aliphatic carboxylic acids is 1. The van der Waals surface area contributed by atoms with Crippen molar-refractivity contribution in [1.29, 1.82) is 0 Å². The average molecular weight is 465 g/mol. The lowest BCUT2D eigenvalue weighted by Gasteiger charge is -2.32. The Morgan fingerprint density at radius 3 is 2.09 bits per heavy atom. The molecule has 1 saturated heterocycles. The van der Waals surface area contributed by atoms with Gasteiger partial charge in [0.05, 0.1) is 5.92 Å². The van der Waals surface area contributed by atoms with E-state index in [0.29, 0.717) is 25.9 Å². The first kappa shape index (κ1) is 23.8. The normalized spacial score (nSPS) is 16.6. The molecule has 0 bridgehead atoms. The fourth-order valence-electron chi connectivity index (χ4n) is 4.94. The Morgan fingerprint density at radius 1 is 1.00 bits per heavy atom. The second-order valence-electron chi connectivity index (χ2n) is 9.52. The number of nitrogens with one attached hydrogen (secondary N) is 1. The Hall–Kier alpha value is -3.35. The molecule has 1 aliphatic heterocycles. The zero-order chi connectivity index (χ0) is 24.2. The van der Waals surface area contributed by atoms with Gasteiger partial charge in [0.2, 0.25) is 5.91 Å². The summed E-state index contributed by atoms with van der Waals surface area (Å²) in [6, 6.07) is 16.0. The third-order valence-electron chi connectivity index (χ3n) is 7.04. The average Bonchev–Trinajstić information content (AvgIpc) is 3.16. The van der Waals surface area contributed by atoms with Crippen LogP contribution in [0.2, 0.25) is 0 Å². The van der Waals surface area contributed by atoms with E-state index < -0.39 is 12.1 Å². The summed E-state index contributed by atoms with van der Waals surface area (Å²) in [4.78, 5) is 38.3. The number of carbonyl (C=O) groups is 3. The van der Waals surface area contributed by atoms with Gasteiger partial charge in [-0.15, -0.1) is 0 Å². The second kappa shape index (κ2) is 10.3. The van der Waals surface area contributed by atoms with E-state index >= 15 is 0 Å². The fourth-order valence-corrected chi connectivity index (χ4v) is 4.94. The highest BCUT2D eigenvalue weighted by Crippen LogP contribution is 2.44. The summed E-state index contributed by atoms with van der Waals surface area (Å²) >= 11 is 0. The van der Waals surface area contributed by atoms with E-state index in [9.17, 15) is 14.4 Å². The van der Waals surface area contributed by atoms with Crippen molar-refractivity contribution in [3.8, 4) is 11.1 Å². The lowest BCUT2D eigenvalue weighted by atomic mass is 9.95. The molecule has 1 fully saturated rings. The maximum Gasteiger partial charge on any atom is 0.407 e. The number of benzene rings is 2. The number of rotatable bonds is 7. The van der Waals surface area contributed by atoms with Crippen molar-refractivity contribution in [1.82, 2.24) is 10.2 Å². The number of nitrogens with zero attached hydrogens (tertiary/aromatic N) is 1. The Labute approximate surface area is 200 Å². The van der Waals surface area contributed by atoms with Gasteiger partial charge in [0.15, 0.2) is 0 Å². The second-order valence-corrected chi connectivity index (χ2v) is 9.52. The predicted molar refractivity (Wildman–Crippen MR) is 128 cm³/mol. The van der Waals surface area contributed by atoms with Gasteiger partial charge in [-0.2, -0.15) is 0 Å². The number of fused-ring (bicyclic) bond motifs is 3. The minimum absolute atomic E-state index is 0.0205. The van der Waals surface area contributed by atoms with Crippen molar-refractivity contribution in [3.05, 3.63) is 59.7 Å².